The third-order valence-corrected chi connectivity index (χ3v) is 5.17. The summed E-state index contributed by atoms with van der Waals surface area (Å²) in [4.78, 5) is 0. The zero-order valence-corrected chi connectivity index (χ0v) is 9.87. The highest BCUT2D eigenvalue weighted by Crippen LogP contribution is 2.45. The Morgan fingerprint density at radius 1 is 1.36 bits per heavy atom. The molecule has 1 fully saturated rings. The summed E-state index contributed by atoms with van der Waals surface area (Å²) in [7, 11) is 0. The number of benzene rings is 1. The number of rotatable bonds is 3. The molecule has 0 atom stereocenters. The van der Waals surface area contributed by atoms with Gasteiger partial charge in [0.1, 0.15) is 5.75 Å². The van der Waals surface area contributed by atoms with Gasteiger partial charge in [-0.15, -0.1) is 23.5 Å². The molecule has 0 unspecified atom stereocenters. The summed E-state index contributed by atoms with van der Waals surface area (Å²) in [6.45, 7) is 2.76. The Balaban J connectivity index is 2.12. The smallest absolute Gasteiger partial charge is 0.119 e. The van der Waals surface area contributed by atoms with Gasteiger partial charge in [-0.1, -0.05) is 12.1 Å². The predicted molar refractivity (Wildman–Crippen MR) is 65.3 cm³/mol. The van der Waals surface area contributed by atoms with Crippen molar-refractivity contribution in [1.82, 2.24) is 0 Å². The fraction of sp³-hybridized carbons (Fsp3) is 0.455. The van der Waals surface area contributed by atoms with Crippen LogP contribution in [0, 0.1) is 0 Å². The Hall–Kier alpha value is -0.280. The molecular weight excluding hydrogens is 212 g/mol. The van der Waals surface area contributed by atoms with Crippen molar-refractivity contribution in [2.24, 2.45) is 0 Å². The Morgan fingerprint density at radius 3 is 2.86 bits per heavy atom. The maximum Gasteiger partial charge on any atom is 0.119 e. The molecule has 1 aromatic rings. The first-order valence-electron chi connectivity index (χ1n) is 4.86. The molecule has 3 heteroatoms. The standard InChI is InChI=1S/C11H14OS2/c1-2-12-10-5-3-4-9(8-10)11-13-6-7-14-11/h3-5,8,11H,2,6-7H2,1H3. The molecule has 1 aliphatic rings. The van der Waals surface area contributed by atoms with Crippen LogP contribution in [0.2, 0.25) is 0 Å². The van der Waals surface area contributed by atoms with Gasteiger partial charge in [0.05, 0.1) is 11.2 Å². The first-order valence-corrected chi connectivity index (χ1v) is 6.96. The van der Waals surface area contributed by atoms with Crippen LogP contribution in [0.4, 0.5) is 0 Å². The summed E-state index contributed by atoms with van der Waals surface area (Å²) in [6.07, 6.45) is 0. The second kappa shape index (κ2) is 4.99. The van der Waals surface area contributed by atoms with Crippen LogP contribution in [-0.4, -0.2) is 18.1 Å². The van der Waals surface area contributed by atoms with Gasteiger partial charge in [-0.2, -0.15) is 0 Å². The van der Waals surface area contributed by atoms with Gasteiger partial charge in [-0.25, -0.2) is 0 Å². The third kappa shape index (κ3) is 2.39. The molecule has 0 amide bonds. The Bertz CT molecular complexity index is 295. The van der Waals surface area contributed by atoms with Crippen molar-refractivity contribution in [2.45, 2.75) is 11.5 Å². The van der Waals surface area contributed by atoms with Crippen LogP contribution in [0.5, 0.6) is 5.75 Å². The number of hydrogen-bond donors (Lipinski definition) is 0. The van der Waals surface area contributed by atoms with Gasteiger partial charge >= 0.3 is 0 Å². The first kappa shape index (κ1) is 10.2. The summed E-state index contributed by atoms with van der Waals surface area (Å²) in [5, 5.41) is 0. The van der Waals surface area contributed by atoms with E-state index in [9.17, 15) is 0 Å². The second-order valence-electron chi connectivity index (χ2n) is 3.08. The molecule has 0 spiro atoms. The van der Waals surface area contributed by atoms with Crippen molar-refractivity contribution in [3.8, 4) is 5.75 Å². The van der Waals surface area contributed by atoms with Gasteiger partial charge in [0, 0.05) is 11.5 Å². The van der Waals surface area contributed by atoms with Crippen LogP contribution < -0.4 is 4.74 Å². The molecule has 1 heterocycles. The molecule has 0 radical (unpaired) electrons. The molecule has 0 bridgehead atoms. The molecule has 14 heavy (non-hydrogen) atoms. The quantitative estimate of drug-likeness (QED) is 0.780. The summed E-state index contributed by atoms with van der Waals surface area (Å²) < 4.78 is 6.11. The minimum atomic E-state index is 0.621. The topological polar surface area (TPSA) is 9.23 Å². The molecule has 0 N–H and O–H groups in total. The molecule has 76 valence electrons. The molecule has 1 saturated heterocycles. The molecule has 1 aromatic carbocycles. The third-order valence-electron chi connectivity index (χ3n) is 2.06. The Labute approximate surface area is 93.6 Å². The summed E-state index contributed by atoms with van der Waals surface area (Å²) in [5.74, 6) is 3.54. The number of hydrogen-bond acceptors (Lipinski definition) is 3. The zero-order valence-electron chi connectivity index (χ0n) is 8.23. The second-order valence-corrected chi connectivity index (χ2v) is 5.80. The maximum absolute atomic E-state index is 5.49. The van der Waals surface area contributed by atoms with Crippen LogP contribution in [0.25, 0.3) is 0 Å². The number of ether oxygens (including phenoxy) is 1. The minimum absolute atomic E-state index is 0.621. The molecule has 0 saturated carbocycles. The number of thioether (sulfide) groups is 2. The van der Waals surface area contributed by atoms with Crippen molar-refractivity contribution in [1.29, 1.82) is 0 Å². The van der Waals surface area contributed by atoms with Gasteiger partial charge < -0.3 is 4.74 Å². The lowest BCUT2D eigenvalue weighted by Crippen LogP contribution is -1.92. The van der Waals surface area contributed by atoms with Crippen molar-refractivity contribution >= 4 is 23.5 Å². The average molecular weight is 226 g/mol. The van der Waals surface area contributed by atoms with E-state index in [4.69, 9.17) is 4.74 Å². The highest BCUT2D eigenvalue weighted by Gasteiger charge is 2.18. The molecule has 0 aliphatic carbocycles. The van der Waals surface area contributed by atoms with Crippen LogP contribution in [0.1, 0.15) is 17.1 Å². The summed E-state index contributed by atoms with van der Waals surface area (Å²) in [5.41, 5.74) is 1.39. The highest BCUT2D eigenvalue weighted by atomic mass is 32.2. The van der Waals surface area contributed by atoms with Gasteiger partial charge in [0.25, 0.3) is 0 Å². The predicted octanol–water partition coefficient (Wildman–Crippen LogP) is 3.56. The molecule has 1 aliphatic heterocycles. The average Bonchev–Trinajstić information content (AvgIpc) is 2.71. The van der Waals surface area contributed by atoms with Crippen LogP contribution >= 0.6 is 23.5 Å². The van der Waals surface area contributed by atoms with E-state index in [1.165, 1.54) is 17.1 Å². The molecule has 2 rings (SSSR count). The molecule has 0 aromatic heterocycles. The van der Waals surface area contributed by atoms with Gasteiger partial charge in [0.15, 0.2) is 0 Å². The summed E-state index contributed by atoms with van der Waals surface area (Å²) in [6, 6.07) is 8.47. The van der Waals surface area contributed by atoms with Crippen LogP contribution in [0.15, 0.2) is 24.3 Å². The van der Waals surface area contributed by atoms with E-state index in [1.807, 2.05) is 36.5 Å². The fourth-order valence-electron chi connectivity index (χ4n) is 1.47. The Morgan fingerprint density at radius 2 is 2.14 bits per heavy atom. The van der Waals surface area contributed by atoms with Crippen molar-refractivity contribution in [3.63, 3.8) is 0 Å². The van der Waals surface area contributed by atoms with Crippen LogP contribution in [0.3, 0.4) is 0 Å². The van der Waals surface area contributed by atoms with E-state index in [-0.39, 0.29) is 0 Å². The normalized spacial score (nSPS) is 17.2. The lowest BCUT2D eigenvalue weighted by atomic mass is 10.2. The molecular formula is C11H14OS2. The van der Waals surface area contributed by atoms with Crippen molar-refractivity contribution in [3.05, 3.63) is 29.8 Å². The fourth-order valence-corrected chi connectivity index (χ4v) is 4.31. The Kier molecular flexibility index (Phi) is 3.65. The van der Waals surface area contributed by atoms with Gasteiger partial charge in [0.2, 0.25) is 0 Å². The van der Waals surface area contributed by atoms with Crippen LogP contribution in [-0.2, 0) is 0 Å². The van der Waals surface area contributed by atoms with E-state index >= 15 is 0 Å². The van der Waals surface area contributed by atoms with E-state index in [1.54, 1.807) is 0 Å². The monoisotopic (exact) mass is 226 g/mol. The first-order chi connectivity index (χ1) is 6.90. The van der Waals surface area contributed by atoms with Crippen molar-refractivity contribution in [2.75, 3.05) is 18.1 Å². The lowest BCUT2D eigenvalue weighted by Gasteiger charge is -2.10. The van der Waals surface area contributed by atoms with Gasteiger partial charge in [-0.3, -0.25) is 0 Å². The van der Waals surface area contributed by atoms with E-state index in [0.29, 0.717) is 4.58 Å². The van der Waals surface area contributed by atoms with E-state index in [0.717, 1.165) is 12.4 Å². The van der Waals surface area contributed by atoms with E-state index in [2.05, 4.69) is 18.2 Å². The largest absolute Gasteiger partial charge is 0.494 e. The van der Waals surface area contributed by atoms with Crippen molar-refractivity contribution < 1.29 is 4.74 Å². The molecule has 1 nitrogen and oxygen atoms in total. The highest BCUT2D eigenvalue weighted by molar-refractivity contribution is 8.19. The summed E-state index contributed by atoms with van der Waals surface area (Å²) >= 11 is 4.06. The SMILES string of the molecule is CCOc1cccc(C2SCCS2)c1. The maximum atomic E-state index is 5.49. The lowest BCUT2D eigenvalue weighted by molar-refractivity contribution is 0.340. The van der Waals surface area contributed by atoms with E-state index < -0.39 is 0 Å². The zero-order chi connectivity index (χ0) is 9.80. The van der Waals surface area contributed by atoms with Gasteiger partial charge in [-0.05, 0) is 24.6 Å². The minimum Gasteiger partial charge on any atom is -0.494 e.